The Balaban J connectivity index is 2.40. The van der Waals surface area contributed by atoms with Crippen molar-refractivity contribution in [2.24, 2.45) is 7.05 Å². The number of benzene rings is 1. The van der Waals surface area contributed by atoms with Gasteiger partial charge in [0.2, 0.25) is 0 Å². The molecule has 4 nitrogen and oxygen atoms in total. The zero-order valence-electron chi connectivity index (χ0n) is 13.0. The molecule has 1 aromatic carbocycles. The number of nitrogens with one attached hydrogen (secondary N) is 1. The first kappa shape index (κ1) is 15.5. The highest BCUT2D eigenvalue weighted by atomic mass is 19.1. The van der Waals surface area contributed by atoms with E-state index in [1.807, 2.05) is 30.8 Å². The van der Waals surface area contributed by atoms with E-state index < -0.39 is 0 Å². The standard InChI is InChI=1S/C16H22FN3O/c1-5-8-18-16(14-9-11(2)19-20(14)3)12-6-7-15(21-4)13(17)10-12/h6-7,9-10,16,18H,5,8H2,1-4H3. The van der Waals surface area contributed by atoms with Gasteiger partial charge < -0.3 is 10.1 Å². The zero-order chi connectivity index (χ0) is 15.4. The Bertz CT molecular complexity index is 610. The van der Waals surface area contributed by atoms with Crippen LogP contribution in [-0.4, -0.2) is 23.4 Å². The van der Waals surface area contributed by atoms with Crippen LogP contribution < -0.4 is 10.1 Å². The number of ether oxygens (including phenoxy) is 1. The second-order valence-corrected chi connectivity index (χ2v) is 5.12. The lowest BCUT2D eigenvalue weighted by molar-refractivity contribution is 0.385. The fourth-order valence-electron chi connectivity index (χ4n) is 2.44. The van der Waals surface area contributed by atoms with Gasteiger partial charge in [-0.05, 0) is 43.7 Å². The molecule has 5 heteroatoms. The summed E-state index contributed by atoms with van der Waals surface area (Å²) in [7, 11) is 3.37. The Morgan fingerprint density at radius 2 is 2.14 bits per heavy atom. The maximum atomic E-state index is 14.0. The van der Waals surface area contributed by atoms with Crippen molar-refractivity contribution in [1.82, 2.24) is 15.1 Å². The van der Waals surface area contributed by atoms with E-state index in [4.69, 9.17) is 4.74 Å². The molecule has 0 bridgehead atoms. The molecule has 0 aliphatic heterocycles. The lowest BCUT2D eigenvalue weighted by atomic mass is 10.0. The molecule has 0 aliphatic rings. The van der Waals surface area contributed by atoms with E-state index in [2.05, 4.69) is 17.3 Å². The average molecular weight is 291 g/mol. The average Bonchev–Trinajstić information content (AvgIpc) is 2.78. The van der Waals surface area contributed by atoms with Crippen molar-refractivity contribution < 1.29 is 9.13 Å². The van der Waals surface area contributed by atoms with Crippen LogP contribution in [0.15, 0.2) is 24.3 Å². The predicted octanol–water partition coefficient (Wildman–Crippen LogP) is 2.97. The monoisotopic (exact) mass is 291 g/mol. The van der Waals surface area contributed by atoms with Crippen LogP contribution in [0.25, 0.3) is 0 Å². The molecule has 21 heavy (non-hydrogen) atoms. The molecular weight excluding hydrogens is 269 g/mol. The molecule has 114 valence electrons. The molecule has 2 aromatic rings. The summed E-state index contributed by atoms with van der Waals surface area (Å²) in [5.74, 6) is -0.0913. The van der Waals surface area contributed by atoms with Crippen LogP contribution in [0.4, 0.5) is 4.39 Å². The second-order valence-electron chi connectivity index (χ2n) is 5.12. The Labute approximate surface area is 124 Å². The van der Waals surface area contributed by atoms with Gasteiger partial charge in [0.25, 0.3) is 0 Å². The lowest BCUT2D eigenvalue weighted by Gasteiger charge is -2.20. The highest BCUT2D eigenvalue weighted by Gasteiger charge is 2.19. The minimum absolute atomic E-state index is 0.0865. The molecule has 0 radical (unpaired) electrons. The fraction of sp³-hybridized carbons (Fsp3) is 0.438. The highest BCUT2D eigenvalue weighted by molar-refractivity contribution is 5.35. The first-order valence-electron chi connectivity index (χ1n) is 7.14. The van der Waals surface area contributed by atoms with E-state index in [-0.39, 0.29) is 17.6 Å². The van der Waals surface area contributed by atoms with E-state index in [0.717, 1.165) is 29.9 Å². The predicted molar refractivity (Wildman–Crippen MR) is 81.0 cm³/mol. The Kier molecular flexibility index (Phi) is 4.96. The minimum atomic E-state index is -0.350. The van der Waals surface area contributed by atoms with E-state index in [1.165, 1.54) is 13.2 Å². The van der Waals surface area contributed by atoms with E-state index >= 15 is 0 Å². The Morgan fingerprint density at radius 3 is 2.67 bits per heavy atom. The van der Waals surface area contributed by atoms with Crippen LogP contribution in [0.2, 0.25) is 0 Å². The molecule has 1 heterocycles. The van der Waals surface area contributed by atoms with E-state index in [0.29, 0.717) is 0 Å². The van der Waals surface area contributed by atoms with Gasteiger partial charge in [-0.3, -0.25) is 4.68 Å². The number of halogens is 1. The van der Waals surface area contributed by atoms with Gasteiger partial charge in [-0.25, -0.2) is 4.39 Å². The van der Waals surface area contributed by atoms with Crippen LogP contribution in [0.3, 0.4) is 0 Å². The number of aryl methyl sites for hydroxylation is 2. The van der Waals surface area contributed by atoms with Gasteiger partial charge in [-0.2, -0.15) is 5.10 Å². The SMILES string of the molecule is CCCNC(c1ccc(OC)c(F)c1)c1cc(C)nn1C. The first-order valence-corrected chi connectivity index (χ1v) is 7.14. The molecular formula is C16H22FN3O. The molecule has 1 atom stereocenters. The van der Waals surface area contributed by atoms with Crippen molar-refractivity contribution in [3.05, 3.63) is 47.0 Å². The summed E-state index contributed by atoms with van der Waals surface area (Å²) in [4.78, 5) is 0. The van der Waals surface area contributed by atoms with Gasteiger partial charge in [-0.1, -0.05) is 13.0 Å². The maximum Gasteiger partial charge on any atom is 0.165 e. The maximum absolute atomic E-state index is 14.0. The number of nitrogens with zero attached hydrogens (tertiary/aromatic N) is 2. The van der Waals surface area contributed by atoms with Crippen molar-refractivity contribution in [3.8, 4) is 5.75 Å². The third kappa shape index (κ3) is 3.42. The summed E-state index contributed by atoms with van der Waals surface area (Å²) in [5.41, 5.74) is 2.83. The molecule has 0 spiro atoms. The number of hydrogen-bond donors (Lipinski definition) is 1. The molecule has 1 unspecified atom stereocenters. The lowest BCUT2D eigenvalue weighted by Crippen LogP contribution is -2.25. The summed E-state index contributed by atoms with van der Waals surface area (Å²) in [6, 6.07) is 7.01. The molecule has 1 N–H and O–H groups in total. The van der Waals surface area contributed by atoms with Gasteiger partial charge in [-0.15, -0.1) is 0 Å². The van der Waals surface area contributed by atoms with Crippen LogP contribution in [0, 0.1) is 12.7 Å². The van der Waals surface area contributed by atoms with Crippen LogP contribution in [-0.2, 0) is 7.05 Å². The highest BCUT2D eigenvalue weighted by Crippen LogP contribution is 2.26. The number of rotatable bonds is 6. The van der Waals surface area contributed by atoms with Gasteiger partial charge in [0.15, 0.2) is 11.6 Å². The largest absolute Gasteiger partial charge is 0.494 e. The van der Waals surface area contributed by atoms with Crippen molar-refractivity contribution in [1.29, 1.82) is 0 Å². The van der Waals surface area contributed by atoms with Crippen molar-refractivity contribution in [2.45, 2.75) is 26.3 Å². The van der Waals surface area contributed by atoms with Crippen LogP contribution >= 0.6 is 0 Å². The van der Waals surface area contributed by atoms with Crippen LogP contribution in [0.5, 0.6) is 5.75 Å². The molecule has 0 saturated carbocycles. The Morgan fingerprint density at radius 1 is 1.38 bits per heavy atom. The smallest absolute Gasteiger partial charge is 0.165 e. The molecule has 1 aromatic heterocycles. The fourth-order valence-corrected chi connectivity index (χ4v) is 2.44. The molecule has 0 fully saturated rings. The molecule has 0 amide bonds. The van der Waals surface area contributed by atoms with Gasteiger partial charge >= 0.3 is 0 Å². The third-order valence-electron chi connectivity index (χ3n) is 3.44. The quantitative estimate of drug-likeness (QED) is 0.889. The topological polar surface area (TPSA) is 39.1 Å². The van der Waals surface area contributed by atoms with Gasteiger partial charge in [0, 0.05) is 7.05 Å². The second kappa shape index (κ2) is 6.72. The van der Waals surface area contributed by atoms with E-state index in [9.17, 15) is 4.39 Å². The first-order chi connectivity index (χ1) is 10.1. The third-order valence-corrected chi connectivity index (χ3v) is 3.44. The summed E-state index contributed by atoms with van der Waals surface area (Å²) in [5, 5.41) is 7.83. The van der Waals surface area contributed by atoms with Gasteiger partial charge in [0.05, 0.1) is 24.5 Å². The summed E-state index contributed by atoms with van der Waals surface area (Å²) in [6.07, 6.45) is 1.01. The summed E-state index contributed by atoms with van der Waals surface area (Å²) < 4.78 is 20.8. The number of hydrogen-bond acceptors (Lipinski definition) is 3. The molecule has 0 saturated heterocycles. The zero-order valence-corrected chi connectivity index (χ0v) is 13.0. The normalized spacial score (nSPS) is 12.4. The number of aromatic nitrogens is 2. The van der Waals surface area contributed by atoms with Gasteiger partial charge in [0.1, 0.15) is 0 Å². The minimum Gasteiger partial charge on any atom is -0.494 e. The summed E-state index contributed by atoms with van der Waals surface area (Å²) in [6.45, 7) is 4.91. The number of methoxy groups -OCH3 is 1. The molecule has 2 rings (SSSR count). The van der Waals surface area contributed by atoms with Crippen molar-refractivity contribution >= 4 is 0 Å². The van der Waals surface area contributed by atoms with E-state index in [1.54, 1.807) is 6.07 Å². The van der Waals surface area contributed by atoms with Crippen LogP contribution in [0.1, 0.15) is 36.3 Å². The van der Waals surface area contributed by atoms with Crippen molar-refractivity contribution in [2.75, 3.05) is 13.7 Å². The summed E-state index contributed by atoms with van der Waals surface area (Å²) >= 11 is 0. The molecule has 0 aliphatic carbocycles. The van der Waals surface area contributed by atoms with Crippen molar-refractivity contribution in [3.63, 3.8) is 0 Å². The Hall–Kier alpha value is -1.88.